The zero-order valence-corrected chi connectivity index (χ0v) is 11.3. The second-order valence-electron chi connectivity index (χ2n) is 5.76. The molecule has 2 nitrogen and oxygen atoms in total. The highest BCUT2D eigenvalue weighted by molar-refractivity contribution is 5.56. The molecule has 0 atom stereocenters. The minimum absolute atomic E-state index is 0.232. The third-order valence-electron chi connectivity index (χ3n) is 4.34. The van der Waals surface area contributed by atoms with Gasteiger partial charge in [0.1, 0.15) is 0 Å². The van der Waals surface area contributed by atoms with Gasteiger partial charge in [0, 0.05) is 18.8 Å². The van der Waals surface area contributed by atoms with Crippen molar-refractivity contribution in [1.82, 2.24) is 4.90 Å². The van der Waals surface area contributed by atoms with Crippen molar-refractivity contribution >= 4 is 5.69 Å². The Morgan fingerprint density at radius 1 is 1.20 bits per heavy atom. The van der Waals surface area contributed by atoms with Crippen LogP contribution in [0.25, 0.3) is 0 Å². The third-order valence-corrected chi connectivity index (χ3v) is 4.34. The van der Waals surface area contributed by atoms with Gasteiger partial charge in [-0.05, 0) is 49.5 Å². The number of benzene rings is 1. The zero-order chi connectivity index (χ0) is 14.2. The highest BCUT2D eigenvalue weighted by Crippen LogP contribution is 2.34. The lowest BCUT2D eigenvalue weighted by Gasteiger charge is -2.32. The maximum Gasteiger partial charge on any atom is 0.391 e. The molecule has 0 unspecified atom stereocenters. The van der Waals surface area contributed by atoms with Gasteiger partial charge in [0.15, 0.2) is 0 Å². The molecule has 1 aromatic rings. The Morgan fingerprint density at radius 2 is 1.95 bits per heavy atom. The number of nitrogens with zero attached hydrogens (tertiary/aromatic N) is 1. The number of alkyl halides is 3. The third kappa shape index (κ3) is 2.92. The molecular weight excluding hydrogens is 265 g/mol. The molecule has 0 amide bonds. The van der Waals surface area contributed by atoms with Crippen LogP contribution in [0.3, 0.4) is 0 Å². The molecule has 20 heavy (non-hydrogen) atoms. The Morgan fingerprint density at radius 3 is 2.65 bits per heavy atom. The maximum absolute atomic E-state index is 12.6. The number of fused-ring (bicyclic) bond motifs is 1. The van der Waals surface area contributed by atoms with E-state index >= 15 is 0 Å². The fourth-order valence-corrected chi connectivity index (χ4v) is 3.13. The standard InChI is InChI=1S/C15H19F3N2/c16-15(17,18)13-4-7-20(8-5-13)10-11-1-2-14-12(9-11)3-6-19-14/h1-2,9,13,19H,3-8,10H2. The van der Waals surface area contributed by atoms with Crippen LogP contribution in [0, 0.1) is 5.92 Å². The van der Waals surface area contributed by atoms with E-state index in [9.17, 15) is 13.2 Å². The predicted octanol–water partition coefficient (Wildman–Crippen LogP) is 3.43. The SMILES string of the molecule is FC(F)(F)C1CCN(Cc2ccc3c(c2)CCN3)CC1. The second-order valence-corrected chi connectivity index (χ2v) is 5.76. The summed E-state index contributed by atoms with van der Waals surface area (Å²) < 4.78 is 37.9. The fourth-order valence-electron chi connectivity index (χ4n) is 3.13. The van der Waals surface area contributed by atoms with E-state index in [0.717, 1.165) is 19.5 Å². The predicted molar refractivity (Wildman–Crippen MR) is 72.7 cm³/mol. The van der Waals surface area contributed by atoms with Crippen molar-refractivity contribution in [2.45, 2.75) is 32.0 Å². The van der Waals surface area contributed by atoms with Gasteiger partial charge in [-0.2, -0.15) is 13.2 Å². The van der Waals surface area contributed by atoms with E-state index < -0.39 is 12.1 Å². The van der Waals surface area contributed by atoms with Crippen molar-refractivity contribution in [2.75, 3.05) is 25.0 Å². The van der Waals surface area contributed by atoms with E-state index in [0.29, 0.717) is 13.1 Å². The first-order chi connectivity index (χ1) is 9.52. The highest BCUT2D eigenvalue weighted by Gasteiger charge is 2.40. The van der Waals surface area contributed by atoms with Gasteiger partial charge < -0.3 is 5.32 Å². The van der Waals surface area contributed by atoms with Crippen molar-refractivity contribution in [1.29, 1.82) is 0 Å². The number of piperidine rings is 1. The Bertz CT molecular complexity index is 476. The average Bonchev–Trinajstić information content (AvgIpc) is 2.86. The molecule has 0 spiro atoms. The van der Waals surface area contributed by atoms with Crippen LogP contribution in [0.15, 0.2) is 18.2 Å². The van der Waals surface area contributed by atoms with Crippen LogP contribution in [0.2, 0.25) is 0 Å². The summed E-state index contributed by atoms with van der Waals surface area (Å²) in [6, 6.07) is 6.35. The van der Waals surface area contributed by atoms with Gasteiger partial charge in [-0.1, -0.05) is 12.1 Å². The first kappa shape index (κ1) is 13.7. The number of hydrogen-bond donors (Lipinski definition) is 1. The van der Waals surface area contributed by atoms with Crippen LogP contribution < -0.4 is 5.32 Å². The first-order valence-electron chi connectivity index (χ1n) is 7.17. The van der Waals surface area contributed by atoms with Gasteiger partial charge in [0.25, 0.3) is 0 Å². The monoisotopic (exact) mass is 284 g/mol. The summed E-state index contributed by atoms with van der Waals surface area (Å²) in [4.78, 5) is 2.13. The highest BCUT2D eigenvalue weighted by atomic mass is 19.4. The summed E-state index contributed by atoms with van der Waals surface area (Å²) in [5.41, 5.74) is 3.73. The number of nitrogens with one attached hydrogen (secondary N) is 1. The quantitative estimate of drug-likeness (QED) is 0.895. The molecule has 1 N–H and O–H groups in total. The van der Waals surface area contributed by atoms with E-state index in [-0.39, 0.29) is 12.8 Å². The molecule has 0 saturated carbocycles. The van der Waals surface area contributed by atoms with E-state index in [1.807, 2.05) is 0 Å². The zero-order valence-electron chi connectivity index (χ0n) is 11.3. The van der Waals surface area contributed by atoms with Crippen LogP contribution in [-0.4, -0.2) is 30.7 Å². The molecule has 0 radical (unpaired) electrons. The number of likely N-dealkylation sites (tertiary alicyclic amines) is 1. The van der Waals surface area contributed by atoms with Crippen molar-refractivity contribution in [3.8, 4) is 0 Å². The average molecular weight is 284 g/mol. The van der Waals surface area contributed by atoms with E-state index in [1.165, 1.54) is 16.8 Å². The van der Waals surface area contributed by atoms with Crippen molar-refractivity contribution in [2.24, 2.45) is 5.92 Å². The van der Waals surface area contributed by atoms with Crippen LogP contribution in [0.5, 0.6) is 0 Å². The minimum Gasteiger partial charge on any atom is -0.384 e. The van der Waals surface area contributed by atoms with Gasteiger partial charge in [-0.25, -0.2) is 0 Å². The Balaban J connectivity index is 1.57. The first-order valence-corrected chi connectivity index (χ1v) is 7.17. The topological polar surface area (TPSA) is 15.3 Å². The largest absolute Gasteiger partial charge is 0.391 e. The molecule has 1 aromatic carbocycles. The number of hydrogen-bond acceptors (Lipinski definition) is 2. The second kappa shape index (κ2) is 5.28. The lowest BCUT2D eigenvalue weighted by atomic mass is 9.96. The van der Waals surface area contributed by atoms with Crippen molar-refractivity contribution in [3.05, 3.63) is 29.3 Å². The van der Waals surface area contributed by atoms with E-state index in [4.69, 9.17) is 0 Å². The van der Waals surface area contributed by atoms with Gasteiger partial charge in [0.2, 0.25) is 0 Å². The molecule has 2 heterocycles. The van der Waals surface area contributed by atoms with Crippen molar-refractivity contribution < 1.29 is 13.2 Å². The molecular formula is C15H19F3N2. The summed E-state index contributed by atoms with van der Waals surface area (Å²) >= 11 is 0. The van der Waals surface area contributed by atoms with Gasteiger partial charge >= 0.3 is 6.18 Å². The molecule has 0 aliphatic carbocycles. The molecule has 2 aliphatic rings. The molecule has 0 bridgehead atoms. The fraction of sp³-hybridized carbons (Fsp3) is 0.600. The summed E-state index contributed by atoms with van der Waals surface area (Å²) in [5, 5.41) is 3.31. The molecule has 1 fully saturated rings. The van der Waals surface area contributed by atoms with Crippen LogP contribution in [0.1, 0.15) is 24.0 Å². The Hall–Kier alpha value is -1.23. The van der Waals surface area contributed by atoms with Gasteiger partial charge in [0.05, 0.1) is 5.92 Å². The van der Waals surface area contributed by atoms with Crippen LogP contribution >= 0.6 is 0 Å². The number of halogens is 3. The molecule has 1 saturated heterocycles. The van der Waals surface area contributed by atoms with E-state index in [2.05, 4.69) is 28.4 Å². The number of rotatable bonds is 2. The maximum atomic E-state index is 12.6. The van der Waals surface area contributed by atoms with E-state index in [1.54, 1.807) is 0 Å². The lowest BCUT2D eigenvalue weighted by Crippen LogP contribution is -2.38. The molecule has 5 heteroatoms. The summed E-state index contributed by atoms with van der Waals surface area (Å²) in [5.74, 6) is -1.11. The Labute approximate surface area is 117 Å². The van der Waals surface area contributed by atoms with Crippen molar-refractivity contribution in [3.63, 3.8) is 0 Å². The van der Waals surface area contributed by atoms with Gasteiger partial charge in [-0.15, -0.1) is 0 Å². The van der Waals surface area contributed by atoms with Crippen LogP contribution in [-0.2, 0) is 13.0 Å². The Kier molecular flexibility index (Phi) is 3.63. The summed E-state index contributed by atoms with van der Waals surface area (Å²) in [6.45, 7) is 2.83. The van der Waals surface area contributed by atoms with Crippen LogP contribution in [0.4, 0.5) is 18.9 Å². The smallest absolute Gasteiger partial charge is 0.384 e. The molecule has 0 aromatic heterocycles. The summed E-state index contributed by atoms with van der Waals surface area (Å²) in [7, 11) is 0. The molecule has 110 valence electrons. The van der Waals surface area contributed by atoms with Gasteiger partial charge in [-0.3, -0.25) is 4.90 Å². The lowest BCUT2D eigenvalue weighted by molar-refractivity contribution is -0.185. The normalized spacial score (nSPS) is 20.8. The molecule has 3 rings (SSSR count). The summed E-state index contributed by atoms with van der Waals surface area (Å²) in [6.07, 6.45) is -2.52. The minimum atomic E-state index is -4.02. The molecule has 2 aliphatic heterocycles. The number of anilines is 1.